The molecule has 0 saturated heterocycles. The van der Waals surface area contributed by atoms with Crippen molar-refractivity contribution in [2.75, 3.05) is 12.4 Å². The Kier molecular flexibility index (Phi) is 3.15. The molecule has 0 aliphatic carbocycles. The Bertz CT molecular complexity index is 404. The van der Waals surface area contributed by atoms with E-state index in [1.807, 2.05) is 9.47 Å². The highest BCUT2D eigenvalue weighted by Crippen LogP contribution is 2.26. The molecule has 0 saturated carbocycles. The highest BCUT2D eigenvalue weighted by Gasteiger charge is 2.23. The van der Waals surface area contributed by atoms with Gasteiger partial charge in [0.05, 0.1) is 19.1 Å². The van der Waals surface area contributed by atoms with Crippen LogP contribution in [0.1, 0.15) is 25.6 Å². The largest absolute Gasteiger partial charge is 0.480 e. The number of nitrogens with zero attached hydrogens (tertiary/aromatic N) is 4. The van der Waals surface area contributed by atoms with Gasteiger partial charge in [-0.15, -0.1) is 10.2 Å². The van der Waals surface area contributed by atoms with Crippen LogP contribution >= 0.6 is 11.8 Å². The summed E-state index contributed by atoms with van der Waals surface area (Å²) in [5.74, 6) is 1.06. The first-order valence-corrected chi connectivity index (χ1v) is 6.06. The normalized spacial score (nSPS) is 16.4. The maximum absolute atomic E-state index is 10.6. The van der Waals surface area contributed by atoms with Crippen molar-refractivity contribution in [3.8, 4) is 0 Å². The van der Waals surface area contributed by atoms with Crippen molar-refractivity contribution in [2.24, 2.45) is 0 Å². The first kappa shape index (κ1) is 11.4. The smallest absolute Gasteiger partial charge is 0.317 e. The molecule has 2 rings (SSSR count). The Balaban J connectivity index is 2.17. The van der Waals surface area contributed by atoms with Gasteiger partial charge in [0.2, 0.25) is 0 Å². The number of hydrogen-bond donors (Lipinski definition) is 1. The molecule has 1 N–H and O–H groups in total. The first-order valence-electron chi connectivity index (χ1n) is 5.08. The van der Waals surface area contributed by atoms with Crippen LogP contribution in [0.15, 0.2) is 5.16 Å². The number of aliphatic carboxylic acids is 1. The van der Waals surface area contributed by atoms with Crippen molar-refractivity contribution in [1.82, 2.24) is 19.7 Å². The number of thioether (sulfide) groups is 1. The van der Waals surface area contributed by atoms with E-state index < -0.39 is 5.97 Å². The molecule has 0 aromatic carbocycles. The molecule has 0 bridgehead atoms. The molecule has 0 spiro atoms. The summed E-state index contributed by atoms with van der Waals surface area (Å²) in [6, 6.07) is 0. The highest BCUT2D eigenvalue weighted by molar-refractivity contribution is 7.99. The minimum atomic E-state index is -0.803. The molecule has 0 atom stereocenters. The zero-order valence-electron chi connectivity index (χ0n) is 9.25. The minimum absolute atomic E-state index is 0.0577. The molecular formula is C9H14N4O2S. The first-order chi connectivity index (χ1) is 7.58. The van der Waals surface area contributed by atoms with E-state index in [-0.39, 0.29) is 6.54 Å². The number of carboxylic acid groups (broad SMARTS) is 1. The van der Waals surface area contributed by atoms with Gasteiger partial charge >= 0.3 is 5.97 Å². The van der Waals surface area contributed by atoms with Gasteiger partial charge in [-0.05, 0) is 0 Å². The molecule has 1 aromatic heterocycles. The van der Waals surface area contributed by atoms with Gasteiger partial charge in [-0.25, -0.2) is 0 Å². The van der Waals surface area contributed by atoms with Crippen LogP contribution in [0.3, 0.4) is 0 Å². The fourth-order valence-electron chi connectivity index (χ4n) is 1.64. The lowest BCUT2D eigenvalue weighted by molar-refractivity contribution is -0.138. The number of aromatic nitrogens is 3. The van der Waals surface area contributed by atoms with Crippen molar-refractivity contribution >= 4 is 17.7 Å². The molecule has 7 heteroatoms. The topological polar surface area (TPSA) is 71.2 Å². The zero-order chi connectivity index (χ0) is 11.7. The van der Waals surface area contributed by atoms with Gasteiger partial charge in [0.15, 0.2) is 5.16 Å². The van der Waals surface area contributed by atoms with Gasteiger partial charge in [-0.2, -0.15) is 0 Å². The molecule has 0 fully saturated rings. The van der Waals surface area contributed by atoms with Crippen LogP contribution in [0.5, 0.6) is 0 Å². The third kappa shape index (κ3) is 2.19. The summed E-state index contributed by atoms with van der Waals surface area (Å²) >= 11 is 1.53. The fraction of sp³-hybridized carbons (Fsp3) is 0.667. The van der Waals surface area contributed by atoms with Crippen LogP contribution in [-0.2, 0) is 11.5 Å². The van der Waals surface area contributed by atoms with Gasteiger partial charge < -0.3 is 5.11 Å². The summed E-state index contributed by atoms with van der Waals surface area (Å²) in [4.78, 5) is 12.5. The Morgan fingerprint density at radius 3 is 2.94 bits per heavy atom. The second kappa shape index (κ2) is 4.42. The van der Waals surface area contributed by atoms with Crippen molar-refractivity contribution in [1.29, 1.82) is 0 Å². The van der Waals surface area contributed by atoms with Gasteiger partial charge in [0.1, 0.15) is 5.82 Å². The lowest BCUT2D eigenvalue weighted by atomic mass is 10.2. The molecule has 1 aromatic rings. The van der Waals surface area contributed by atoms with Crippen molar-refractivity contribution in [3.63, 3.8) is 0 Å². The van der Waals surface area contributed by atoms with E-state index in [1.165, 1.54) is 11.8 Å². The lowest BCUT2D eigenvalue weighted by Crippen LogP contribution is -2.35. The second-order valence-corrected chi connectivity index (χ2v) is 4.97. The predicted octanol–water partition coefficient (Wildman–Crippen LogP) is 0.809. The summed E-state index contributed by atoms with van der Waals surface area (Å²) in [6.45, 7) is 4.73. The number of rotatable bonds is 3. The molecule has 6 nitrogen and oxygen atoms in total. The van der Waals surface area contributed by atoms with E-state index in [9.17, 15) is 4.79 Å². The van der Waals surface area contributed by atoms with Crippen molar-refractivity contribution in [3.05, 3.63) is 5.82 Å². The molecule has 0 amide bonds. The third-order valence-electron chi connectivity index (χ3n) is 2.34. The number of hydrogen-bond acceptors (Lipinski definition) is 5. The molecular weight excluding hydrogens is 228 g/mol. The average Bonchev–Trinajstić information content (AvgIpc) is 2.59. The Labute approximate surface area is 97.6 Å². The van der Waals surface area contributed by atoms with Crippen LogP contribution < -0.4 is 0 Å². The third-order valence-corrected chi connectivity index (χ3v) is 3.39. The predicted molar refractivity (Wildman–Crippen MR) is 59.2 cm³/mol. The molecule has 2 heterocycles. The van der Waals surface area contributed by atoms with Crippen LogP contribution in [0.25, 0.3) is 0 Å². The van der Waals surface area contributed by atoms with Gasteiger partial charge in [0.25, 0.3) is 0 Å². The second-order valence-electron chi connectivity index (χ2n) is 4.06. The van der Waals surface area contributed by atoms with Crippen LogP contribution in [0, 0.1) is 0 Å². The average molecular weight is 242 g/mol. The maximum Gasteiger partial charge on any atom is 0.317 e. The summed E-state index contributed by atoms with van der Waals surface area (Å²) in [5, 5.41) is 17.9. The molecule has 88 valence electrons. The number of carboxylic acids is 1. The molecule has 16 heavy (non-hydrogen) atoms. The van der Waals surface area contributed by atoms with E-state index in [1.54, 1.807) is 0 Å². The summed E-state index contributed by atoms with van der Waals surface area (Å²) < 4.78 is 1.99. The zero-order valence-corrected chi connectivity index (χ0v) is 10.1. The van der Waals surface area contributed by atoms with E-state index in [2.05, 4.69) is 24.0 Å². The number of carbonyl (C=O) groups is 1. The summed E-state index contributed by atoms with van der Waals surface area (Å²) in [6.07, 6.45) is 0. The lowest BCUT2D eigenvalue weighted by Gasteiger charge is -2.26. The molecule has 0 unspecified atom stereocenters. The Morgan fingerprint density at radius 1 is 1.56 bits per heavy atom. The summed E-state index contributed by atoms with van der Waals surface area (Å²) in [5.41, 5.74) is 0. The maximum atomic E-state index is 10.6. The van der Waals surface area contributed by atoms with E-state index in [4.69, 9.17) is 5.11 Å². The molecule has 0 radical (unpaired) electrons. The van der Waals surface area contributed by atoms with Gasteiger partial charge in [-0.3, -0.25) is 14.3 Å². The standard InChI is InChI=1S/C9H14N4O2S/c1-6(2)8-10-11-9-13(8)4-12(5-16-9)3-7(14)15/h6H,3-5H2,1-2H3,(H,14,15). The number of fused-ring (bicyclic) bond motifs is 1. The molecule has 1 aliphatic rings. The van der Waals surface area contributed by atoms with Crippen LogP contribution in [-0.4, -0.2) is 43.2 Å². The van der Waals surface area contributed by atoms with Crippen molar-refractivity contribution < 1.29 is 9.90 Å². The summed E-state index contributed by atoms with van der Waals surface area (Å²) in [7, 11) is 0. The SMILES string of the molecule is CC(C)c1nnc2n1CN(CC(=O)O)CS2. The van der Waals surface area contributed by atoms with E-state index >= 15 is 0 Å². The fourth-order valence-corrected chi connectivity index (χ4v) is 2.52. The van der Waals surface area contributed by atoms with Crippen LogP contribution in [0.2, 0.25) is 0 Å². The quantitative estimate of drug-likeness (QED) is 0.845. The Hall–Kier alpha value is -1.08. The van der Waals surface area contributed by atoms with E-state index in [0.717, 1.165) is 11.0 Å². The van der Waals surface area contributed by atoms with Crippen LogP contribution in [0.4, 0.5) is 0 Å². The van der Waals surface area contributed by atoms with Gasteiger partial charge in [-0.1, -0.05) is 25.6 Å². The van der Waals surface area contributed by atoms with Crippen molar-refractivity contribution in [2.45, 2.75) is 31.6 Å². The molecule has 1 aliphatic heterocycles. The highest BCUT2D eigenvalue weighted by atomic mass is 32.2. The Morgan fingerprint density at radius 2 is 2.31 bits per heavy atom. The van der Waals surface area contributed by atoms with E-state index in [0.29, 0.717) is 18.5 Å². The monoisotopic (exact) mass is 242 g/mol. The van der Waals surface area contributed by atoms with Gasteiger partial charge in [0, 0.05) is 5.92 Å². The minimum Gasteiger partial charge on any atom is -0.480 e.